The van der Waals surface area contributed by atoms with Gasteiger partial charge in [0, 0.05) is 18.7 Å². The van der Waals surface area contributed by atoms with Gasteiger partial charge in [-0.25, -0.2) is 17.9 Å². The van der Waals surface area contributed by atoms with Crippen molar-refractivity contribution in [1.82, 2.24) is 14.5 Å². The molecule has 0 fully saturated rings. The smallest absolute Gasteiger partial charge is 0.345 e. The third-order valence-electron chi connectivity index (χ3n) is 4.06. The van der Waals surface area contributed by atoms with E-state index in [1.165, 1.54) is 11.4 Å². The Bertz CT molecular complexity index is 872. The molecule has 10 heteroatoms. The first kappa shape index (κ1) is 18.1. The molecule has 1 aliphatic carbocycles. The van der Waals surface area contributed by atoms with E-state index in [-0.39, 0.29) is 9.77 Å². The van der Waals surface area contributed by atoms with Gasteiger partial charge in [0.15, 0.2) is 0 Å². The predicted molar refractivity (Wildman–Crippen MR) is 91.4 cm³/mol. The minimum atomic E-state index is -3.80. The van der Waals surface area contributed by atoms with E-state index in [0.717, 1.165) is 35.4 Å². The molecule has 3 rings (SSSR count). The molecule has 0 aromatic carbocycles. The van der Waals surface area contributed by atoms with Gasteiger partial charge in [0.2, 0.25) is 10.0 Å². The molecule has 1 unspecified atom stereocenters. The second kappa shape index (κ2) is 7.24. The SMILES string of the molecule is COCCn1cc2c(n1)C(NS(=O)(=O)c1csc(C(=O)O)c1)CCC2. The van der Waals surface area contributed by atoms with Crippen molar-refractivity contribution < 1.29 is 23.1 Å². The molecular formula is C15H19N3O5S2. The first-order valence-corrected chi connectivity index (χ1v) is 10.2. The van der Waals surface area contributed by atoms with Gasteiger partial charge in [0.1, 0.15) is 4.88 Å². The van der Waals surface area contributed by atoms with Crippen LogP contribution in [0.4, 0.5) is 0 Å². The maximum absolute atomic E-state index is 12.6. The van der Waals surface area contributed by atoms with Crippen molar-refractivity contribution >= 4 is 27.3 Å². The summed E-state index contributed by atoms with van der Waals surface area (Å²) in [6.07, 6.45) is 4.31. The number of rotatable bonds is 7. The van der Waals surface area contributed by atoms with Crippen molar-refractivity contribution in [3.05, 3.63) is 33.8 Å². The lowest BCUT2D eigenvalue weighted by molar-refractivity contribution is 0.0702. The number of nitrogens with one attached hydrogen (secondary N) is 1. The molecule has 8 nitrogen and oxygen atoms in total. The fourth-order valence-corrected chi connectivity index (χ4v) is 5.18. The number of carboxylic acids is 1. The number of aromatic carboxylic acids is 1. The highest BCUT2D eigenvalue weighted by Gasteiger charge is 2.29. The fourth-order valence-electron chi connectivity index (χ4n) is 2.84. The number of nitrogens with zero attached hydrogens (tertiary/aromatic N) is 2. The Hall–Kier alpha value is -1.75. The quantitative estimate of drug-likeness (QED) is 0.750. The third kappa shape index (κ3) is 3.92. The van der Waals surface area contributed by atoms with E-state index < -0.39 is 22.0 Å². The van der Waals surface area contributed by atoms with Crippen LogP contribution < -0.4 is 4.72 Å². The van der Waals surface area contributed by atoms with Crippen molar-refractivity contribution in [2.75, 3.05) is 13.7 Å². The van der Waals surface area contributed by atoms with Crippen LogP contribution in [0.5, 0.6) is 0 Å². The number of hydrogen-bond donors (Lipinski definition) is 2. The van der Waals surface area contributed by atoms with E-state index >= 15 is 0 Å². The minimum absolute atomic E-state index is 0.00597. The van der Waals surface area contributed by atoms with Gasteiger partial charge in [0.05, 0.1) is 29.8 Å². The van der Waals surface area contributed by atoms with Crippen molar-refractivity contribution in [2.45, 2.75) is 36.7 Å². The first-order valence-electron chi connectivity index (χ1n) is 7.80. The van der Waals surface area contributed by atoms with Crippen molar-refractivity contribution in [2.24, 2.45) is 0 Å². The average Bonchev–Trinajstić information content (AvgIpc) is 3.20. The number of thiophene rings is 1. The number of methoxy groups -OCH3 is 1. The standard InChI is InChI=1S/C15H19N3O5S2/c1-23-6-5-18-8-10-3-2-4-12(14(10)16-18)17-25(21,22)11-7-13(15(19)20)24-9-11/h7-9,12,17H,2-6H2,1H3,(H,19,20). The predicted octanol–water partition coefficient (Wildman–Crippen LogP) is 1.65. The van der Waals surface area contributed by atoms with Gasteiger partial charge in [-0.05, 0) is 30.9 Å². The Morgan fingerprint density at radius 2 is 2.36 bits per heavy atom. The third-order valence-corrected chi connectivity index (χ3v) is 6.58. The lowest BCUT2D eigenvalue weighted by Gasteiger charge is -2.21. The second-order valence-corrected chi connectivity index (χ2v) is 8.44. The molecule has 0 saturated heterocycles. The zero-order chi connectivity index (χ0) is 18.0. The van der Waals surface area contributed by atoms with Crippen molar-refractivity contribution in [3.63, 3.8) is 0 Å². The van der Waals surface area contributed by atoms with Crippen LogP contribution in [-0.4, -0.2) is 43.0 Å². The minimum Gasteiger partial charge on any atom is -0.477 e. The summed E-state index contributed by atoms with van der Waals surface area (Å²) in [6, 6.07) is 0.765. The van der Waals surface area contributed by atoms with E-state index in [1.807, 2.05) is 6.20 Å². The van der Waals surface area contributed by atoms with Crippen LogP contribution in [0.15, 0.2) is 22.5 Å². The van der Waals surface area contributed by atoms with Crippen molar-refractivity contribution in [1.29, 1.82) is 0 Å². The van der Waals surface area contributed by atoms with E-state index in [2.05, 4.69) is 9.82 Å². The van der Waals surface area contributed by atoms with E-state index in [4.69, 9.17) is 9.84 Å². The molecule has 0 spiro atoms. The van der Waals surface area contributed by atoms with Crippen molar-refractivity contribution in [3.8, 4) is 0 Å². The molecule has 136 valence electrons. The maximum atomic E-state index is 12.6. The van der Waals surface area contributed by atoms with Gasteiger partial charge < -0.3 is 9.84 Å². The topological polar surface area (TPSA) is 111 Å². The van der Waals surface area contributed by atoms with Crippen LogP contribution in [0, 0.1) is 0 Å². The van der Waals surface area contributed by atoms with Crippen LogP contribution >= 0.6 is 11.3 Å². The highest BCUT2D eigenvalue weighted by molar-refractivity contribution is 7.89. The lowest BCUT2D eigenvalue weighted by Crippen LogP contribution is -2.31. The number of aryl methyl sites for hydroxylation is 1. The van der Waals surface area contributed by atoms with Gasteiger partial charge in [-0.15, -0.1) is 11.3 Å². The summed E-state index contributed by atoms with van der Waals surface area (Å²) in [4.78, 5) is 10.9. The maximum Gasteiger partial charge on any atom is 0.345 e. The lowest BCUT2D eigenvalue weighted by atomic mass is 9.94. The normalized spacial score (nSPS) is 17.4. The van der Waals surface area contributed by atoms with Gasteiger partial charge in [-0.3, -0.25) is 4.68 Å². The van der Waals surface area contributed by atoms with Crippen LogP contribution in [0.1, 0.15) is 39.8 Å². The molecule has 0 aliphatic heterocycles. The zero-order valence-electron chi connectivity index (χ0n) is 13.6. The molecule has 0 bridgehead atoms. The monoisotopic (exact) mass is 385 g/mol. The zero-order valence-corrected chi connectivity index (χ0v) is 15.3. The number of fused-ring (bicyclic) bond motifs is 1. The van der Waals surface area contributed by atoms with Crippen LogP contribution in [0.3, 0.4) is 0 Å². The fraction of sp³-hybridized carbons (Fsp3) is 0.467. The summed E-state index contributed by atoms with van der Waals surface area (Å²) in [7, 11) is -2.18. The Morgan fingerprint density at radius 1 is 1.56 bits per heavy atom. The first-order chi connectivity index (χ1) is 11.9. The number of carboxylic acid groups (broad SMARTS) is 1. The van der Waals surface area contributed by atoms with E-state index in [0.29, 0.717) is 19.6 Å². The summed E-state index contributed by atoms with van der Waals surface area (Å²) in [6.45, 7) is 1.14. The molecule has 0 radical (unpaired) electrons. The molecule has 0 amide bonds. The molecule has 1 aliphatic rings. The summed E-state index contributed by atoms with van der Waals surface area (Å²) >= 11 is 0.893. The van der Waals surface area contributed by atoms with Crippen LogP contribution in [0.25, 0.3) is 0 Å². The summed E-state index contributed by atoms with van der Waals surface area (Å²) < 4.78 is 34.6. The number of sulfonamides is 1. The highest BCUT2D eigenvalue weighted by atomic mass is 32.2. The van der Waals surface area contributed by atoms with E-state index in [9.17, 15) is 13.2 Å². The highest BCUT2D eigenvalue weighted by Crippen LogP contribution is 2.30. The van der Waals surface area contributed by atoms with Crippen LogP contribution in [0.2, 0.25) is 0 Å². The summed E-state index contributed by atoms with van der Waals surface area (Å²) in [5.74, 6) is -1.14. The Kier molecular flexibility index (Phi) is 5.23. The Labute approximate surface area is 149 Å². The van der Waals surface area contributed by atoms with Gasteiger partial charge >= 0.3 is 5.97 Å². The summed E-state index contributed by atoms with van der Waals surface area (Å²) in [5.41, 5.74) is 1.77. The molecular weight excluding hydrogens is 366 g/mol. The Morgan fingerprint density at radius 3 is 3.04 bits per heavy atom. The molecule has 0 saturated carbocycles. The number of ether oxygens (including phenoxy) is 1. The molecule has 2 heterocycles. The molecule has 2 N–H and O–H groups in total. The van der Waals surface area contributed by atoms with Gasteiger partial charge in [-0.2, -0.15) is 5.10 Å². The largest absolute Gasteiger partial charge is 0.477 e. The van der Waals surface area contributed by atoms with Gasteiger partial charge in [0.25, 0.3) is 0 Å². The molecule has 25 heavy (non-hydrogen) atoms. The Balaban J connectivity index is 1.81. The van der Waals surface area contributed by atoms with Crippen LogP contribution in [-0.2, 0) is 27.7 Å². The molecule has 2 aromatic rings. The second-order valence-electron chi connectivity index (χ2n) is 5.81. The molecule has 1 atom stereocenters. The average molecular weight is 385 g/mol. The van der Waals surface area contributed by atoms with E-state index in [1.54, 1.807) is 11.8 Å². The number of carbonyl (C=O) groups is 1. The number of aromatic nitrogens is 2. The molecule has 2 aromatic heterocycles. The van der Waals surface area contributed by atoms with Gasteiger partial charge in [-0.1, -0.05) is 0 Å². The number of hydrogen-bond acceptors (Lipinski definition) is 6. The summed E-state index contributed by atoms with van der Waals surface area (Å²) in [5, 5.41) is 14.8.